The second kappa shape index (κ2) is 8.05. The lowest BCUT2D eigenvalue weighted by Gasteiger charge is -2.39. The van der Waals surface area contributed by atoms with Crippen LogP contribution in [-0.4, -0.2) is 47.4 Å². The first-order valence-electron chi connectivity index (χ1n) is 10.7. The maximum atomic E-state index is 12.7. The molecule has 2 fully saturated rings. The summed E-state index contributed by atoms with van der Waals surface area (Å²) in [6.45, 7) is 2.70. The van der Waals surface area contributed by atoms with Gasteiger partial charge in [-0.25, -0.2) is 0 Å². The molecule has 3 aliphatic rings. The minimum atomic E-state index is -0.649. The number of carbonyl (C=O) groups is 3. The molecule has 1 spiro atoms. The highest BCUT2D eigenvalue weighted by atomic mass is 16.2. The first-order chi connectivity index (χ1) is 14.0. The number of amides is 3. The molecular formula is C22H30N4O3. The van der Waals surface area contributed by atoms with Crippen LogP contribution in [0.1, 0.15) is 62.2 Å². The monoisotopic (exact) mass is 398 g/mol. The van der Waals surface area contributed by atoms with Crippen molar-refractivity contribution in [3.63, 3.8) is 0 Å². The maximum Gasteiger partial charge on any atom is 0.255 e. The first kappa shape index (κ1) is 19.7. The van der Waals surface area contributed by atoms with Gasteiger partial charge in [-0.15, -0.1) is 0 Å². The van der Waals surface area contributed by atoms with Gasteiger partial charge in [-0.05, 0) is 37.3 Å². The number of nitrogens with one attached hydrogen (secondary N) is 3. The lowest BCUT2D eigenvalue weighted by atomic mass is 9.86. The number of likely N-dealkylation sites (tertiary alicyclic amines) is 1. The summed E-state index contributed by atoms with van der Waals surface area (Å²) in [7, 11) is 0. The fourth-order valence-electron chi connectivity index (χ4n) is 4.79. The van der Waals surface area contributed by atoms with Gasteiger partial charge in [0.2, 0.25) is 11.8 Å². The lowest BCUT2D eigenvalue weighted by molar-refractivity contribution is -0.136. The Balaban J connectivity index is 1.39. The van der Waals surface area contributed by atoms with E-state index in [-0.39, 0.29) is 30.3 Å². The number of benzene rings is 1. The van der Waals surface area contributed by atoms with Crippen LogP contribution in [0.15, 0.2) is 24.3 Å². The number of nitrogens with zero attached hydrogens (tertiary/aromatic N) is 1. The molecule has 1 saturated heterocycles. The smallest absolute Gasteiger partial charge is 0.255 e. The number of fused-ring (bicyclic) bond motifs is 1. The zero-order valence-corrected chi connectivity index (χ0v) is 17.0. The second-order valence-corrected chi connectivity index (χ2v) is 8.71. The number of rotatable bonds is 3. The van der Waals surface area contributed by atoms with Gasteiger partial charge in [-0.3, -0.25) is 14.4 Å². The van der Waals surface area contributed by atoms with Gasteiger partial charge in [0.15, 0.2) is 0 Å². The van der Waals surface area contributed by atoms with E-state index in [1.807, 2.05) is 18.2 Å². The summed E-state index contributed by atoms with van der Waals surface area (Å²) in [5, 5.41) is 9.63. The Hall–Kier alpha value is -2.57. The fraction of sp³-hybridized carbons (Fsp3) is 0.591. The van der Waals surface area contributed by atoms with Crippen LogP contribution >= 0.6 is 0 Å². The summed E-state index contributed by atoms with van der Waals surface area (Å²) < 4.78 is 0. The molecule has 1 aromatic carbocycles. The Morgan fingerprint density at radius 1 is 1.17 bits per heavy atom. The Morgan fingerprint density at radius 3 is 2.79 bits per heavy atom. The van der Waals surface area contributed by atoms with E-state index in [4.69, 9.17) is 0 Å². The van der Waals surface area contributed by atoms with E-state index in [0.29, 0.717) is 37.3 Å². The highest BCUT2D eigenvalue weighted by molar-refractivity contribution is 6.02. The van der Waals surface area contributed by atoms with Crippen LogP contribution in [0.5, 0.6) is 0 Å². The van der Waals surface area contributed by atoms with Crippen molar-refractivity contribution >= 4 is 23.4 Å². The molecule has 3 unspecified atom stereocenters. The third-order valence-electron chi connectivity index (χ3n) is 6.62. The van der Waals surface area contributed by atoms with E-state index in [2.05, 4.69) is 22.9 Å². The maximum absolute atomic E-state index is 12.7. The van der Waals surface area contributed by atoms with Crippen LogP contribution in [-0.2, 0) is 9.59 Å². The predicted octanol–water partition coefficient (Wildman–Crippen LogP) is 2.25. The topological polar surface area (TPSA) is 90.5 Å². The van der Waals surface area contributed by atoms with Crippen LogP contribution in [0.4, 0.5) is 5.69 Å². The van der Waals surface area contributed by atoms with Crippen LogP contribution in [0, 0.1) is 5.92 Å². The molecule has 1 saturated carbocycles. The number of anilines is 1. The summed E-state index contributed by atoms with van der Waals surface area (Å²) >= 11 is 0. The van der Waals surface area contributed by atoms with Gasteiger partial charge in [0, 0.05) is 31.1 Å². The molecule has 3 atom stereocenters. The van der Waals surface area contributed by atoms with Crippen molar-refractivity contribution < 1.29 is 14.4 Å². The summed E-state index contributed by atoms with van der Waals surface area (Å²) in [5.41, 5.74) is 0.761. The Bertz CT molecular complexity index is 811. The van der Waals surface area contributed by atoms with Gasteiger partial charge in [-0.2, -0.15) is 0 Å². The third kappa shape index (κ3) is 4.23. The quantitative estimate of drug-likeness (QED) is 0.728. The Morgan fingerprint density at radius 2 is 1.97 bits per heavy atom. The minimum absolute atomic E-state index is 0.0383. The van der Waals surface area contributed by atoms with Crippen molar-refractivity contribution in [3.05, 3.63) is 29.8 Å². The van der Waals surface area contributed by atoms with Gasteiger partial charge < -0.3 is 20.9 Å². The van der Waals surface area contributed by atoms with Crippen molar-refractivity contribution in [3.8, 4) is 0 Å². The van der Waals surface area contributed by atoms with E-state index in [1.54, 1.807) is 11.0 Å². The zero-order valence-electron chi connectivity index (χ0n) is 17.0. The highest BCUT2D eigenvalue weighted by Gasteiger charge is 2.40. The third-order valence-corrected chi connectivity index (χ3v) is 6.62. The standard InChI is InChI=1S/C22H30N4O3/c1-15-6-2-4-8-17(15)23-19(27)14-26-13-12-22(11-10-20(26)28)24-18-9-5-3-7-16(18)21(29)25-22/h3,5,7,9,15,17,24H,2,4,6,8,10-14H2,1H3,(H,23,27)(H,25,29). The second-order valence-electron chi connectivity index (χ2n) is 8.71. The molecule has 1 aliphatic carbocycles. The summed E-state index contributed by atoms with van der Waals surface area (Å²) in [5.74, 6) is 0.240. The molecule has 7 heteroatoms. The molecule has 0 radical (unpaired) electrons. The van der Waals surface area contributed by atoms with E-state index in [9.17, 15) is 14.4 Å². The Labute approximate surface area is 171 Å². The molecular weight excluding hydrogens is 368 g/mol. The van der Waals surface area contributed by atoms with Crippen LogP contribution in [0.25, 0.3) is 0 Å². The zero-order chi connectivity index (χ0) is 20.4. The molecule has 29 heavy (non-hydrogen) atoms. The fourth-order valence-corrected chi connectivity index (χ4v) is 4.79. The van der Waals surface area contributed by atoms with Crippen molar-refractivity contribution in [2.45, 2.75) is 63.6 Å². The molecule has 2 aliphatic heterocycles. The molecule has 156 valence electrons. The van der Waals surface area contributed by atoms with Crippen LogP contribution in [0.3, 0.4) is 0 Å². The van der Waals surface area contributed by atoms with Crippen molar-refractivity contribution in [2.75, 3.05) is 18.4 Å². The number of carbonyl (C=O) groups excluding carboxylic acids is 3. The SMILES string of the molecule is CC1CCCCC1NC(=O)CN1CCC2(CCC1=O)NC(=O)c1ccccc1N2. The van der Waals surface area contributed by atoms with Gasteiger partial charge in [0.25, 0.3) is 5.91 Å². The highest BCUT2D eigenvalue weighted by Crippen LogP contribution is 2.31. The molecule has 7 nitrogen and oxygen atoms in total. The first-order valence-corrected chi connectivity index (χ1v) is 10.7. The summed E-state index contributed by atoms with van der Waals surface area (Å²) in [6.07, 6.45) is 5.88. The van der Waals surface area contributed by atoms with Gasteiger partial charge in [-0.1, -0.05) is 31.9 Å². The molecule has 1 aromatic rings. The molecule has 0 bridgehead atoms. The molecule has 4 rings (SSSR count). The van der Waals surface area contributed by atoms with Gasteiger partial charge in [0.05, 0.1) is 12.1 Å². The molecule has 0 aromatic heterocycles. The summed E-state index contributed by atoms with van der Waals surface area (Å²) in [4.78, 5) is 39.4. The van der Waals surface area contributed by atoms with E-state index >= 15 is 0 Å². The number of para-hydroxylation sites is 1. The summed E-state index contributed by atoms with van der Waals surface area (Å²) in [6, 6.07) is 7.61. The number of hydrogen-bond acceptors (Lipinski definition) is 4. The van der Waals surface area contributed by atoms with Gasteiger partial charge >= 0.3 is 0 Å². The van der Waals surface area contributed by atoms with Crippen LogP contribution < -0.4 is 16.0 Å². The normalized spacial score (nSPS) is 29.5. The lowest BCUT2D eigenvalue weighted by Crippen LogP contribution is -2.58. The predicted molar refractivity (Wildman–Crippen MR) is 110 cm³/mol. The van der Waals surface area contributed by atoms with E-state index < -0.39 is 5.66 Å². The average Bonchev–Trinajstić information content (AvgIpc) is 2.84. The largest absolute Gasteiger partial charge is 0.362 e. The molecule has 3 amide bonds. The van der Waals surface area contributed by atoms with E-state index in [0.717, 1.165) is 24.9 Å². The number of hydrogen-bond donors (Lipinski definition) is 3. The molecule has 2 heterocycles. The van der Waals surface area contributed by atoms with Crippen molar-refractivity contribution in [1.29, 1.82) is 0 Å². The van der Waals surface area contributed by atoms with Crippen LogP contribution in [0.2, 0.25) is 0 Å². The van der Waals surface area contributed by atoms with Gasteiger partial charge in [0.1, 0.15) is 5.66 Å². The van der Waals surface area contributed by atoms with Crippen molar-refractivity contribution in [2.24, 2.45) is 5.92 Å². The molecule has 3 N–H and O–H groups in total. The van der Waals surface area contributed by atoms with E-state index in [1.165, 1.54) is 6.42 Å². The van der Waals surface area contributed by atoms with Crippen molar-refractivity contribution in [1.82, 2.24) is 15.5 Å². The average molecular weight is 399 g/mol. The minimum Gasteiger partial charge on any atom is -0.362 e. The Kier molecular flexibility index (Phi) is 5.48.